The van der Waals surface area contributed by atoms with Gasteiger partial charge in [0.05, 0.1) is 5.75 Å². The minimum Gasteiger partial charge on any atom is -0.353 e. The lowest BCUT2D eigenvalue weighted by atomic mass is 9.92. The van der Waals surface area contributed by atoms with E-state index in [9.17, 15) is 4.79 Å². The van der Waals surface area contributed by atoms with E-state index in [0.29, 0.717) is 17.2 Å². The third-order valence-electron chi connectivity index (χ3n) is 3.72. The number of thioether (sulfide) groups is 1. The molecule has 1 unspecified atom stereocenters. The fourth-order valence-corrected chi connectivity index (χ4v) is 3.32. The van der Waals surface area contributed by atoms with Crippen molar-refractivity contribution in [3.05, 3.63) is 29.8 Å². The molecular formula is C16H23NOS. The minimum atomic E-state index is 0.160. The molecular weight excluding hydrogens is 254 g/mol. The molecule has 0 aliphatic heterocycles. The van der Waals surface area contributed by atoms with Gasteiger partial charge >= 0.3 is 0 Å². The van der Waals surface area contributed by atoms with Crippen LogP contribution in [0.5, 0.6) is 0 Å². The van der Waals surface area contributed by atoms with E-state index in [2.05, 4.69) is 50.4 Å². The summed E-state index contributed by atoms with van der Waals surface area (Å²) in [6.45, 7) is 6.63. The normalized spacial score (nSPS) is 21.3. The first-order valence-corrected chi connectivity index (χ1v) is 7.92. The number of carbonyl (C=O) groups excluding carboxylic acids is 1. The van der Waals surface area contributed by atoms with Gasteiger partial charge in [-0.3, -0.25) is 4.79 Å². The van der Waals surface area contributed by atoms with Crippen molar-refractivity contribution in [3.63, 3.8) is 0 Å². The van der Waals surface area contributed by atoms with E-state index in [4.69, 9.17) is 0 Å². The van der Waals surface area contributed by atoms with Crippen LogP contribution in [0.15, 0.2) is 29.2 Å². The Hall–Kier alpha value is -0.960. The summed E-state index contributed by atoms with van der Waals surface area (Å²) in [5.74, 6) is 0.674. The number of aryl methyl sites for hydroxylation is 1. The molecule has 1 N–H and O–H groups in total. The summed E-state index contributed by atoms with van der Waals surface area (Å²) in [5, 5.41) is 3.16. The monoisotopic (exact) mass is 277 g/mol. The lowest BCUT2D eigenvalue weighted by Gasteiger charge is -2.17. The van der Waals surface area contributed by atoms with E-state index in [1.807, 2.05) is 0 Å². The number of nitrogens with one attached hydrogen (secondary N) is 1. The molecule has 19 heavy (non-hydrogen) atoms. The minimum absolute atomic E-state index is 0.160. The zero-order valence-electron chi connectivity index (χ0n) is 12.0. The molecule has 0 saturated heterocycles. The lowest BCUT2D eigenvalue weighted by molar-refractivity contribution is -0.119. The Labute approximate surface area is 120 Å². The lowest BCUT2D eigenvalue weighted by Crippen LogP contribution is -2.34. The quantitative estimate of drug-likeness (QED) is 0.849. The van der Waals surface area contributed by atoms with Gasteiger partial charge < -0.3 is 5.32 Å². The molecule has 1 aromatic rings. The van der Waals surface area contributed by atoms with E-state index in [0.717, 1.165) is 17.7 Å². The van der Waals surface area contributed by atoms with Gasteiger partial charge in [-0.15, -0.1) is 11.8 Å². The van der Waals surface area contributed by atoms with E-state index in [1.54, 1.807) is 11.8 Å². The third kappa shape index (κ3) is 4.57. The number of rotatable bonds is 4. The van der Waals surface area contributed by atoms with Crippen LogP contribution in [0.4, 0.5) is 0 Å². The highest BCUT2D eigenvalue weighted by Gasteiger charge is 2.31. The van der Waals surface area contributed by atoms with Crippen LogP contribution in [0.3, 0.4) is 0 Å². The van der Waals surface area contributed by atoms with Crippen LogP contribution in [0.1, 0.15) is 38.7 Å². The highest BCUT2D eigenvalue weighted by molar-refractivity contribution is 8.00. The Morgan fingerprint density at radius 2 is 2.05 bits per heavy atom. The Bertz CT molecular complexity index is 439. The zero-order chi connectivity index (χ0) is 13.9. The smallest absolute Gasteiger partial charge is 0.230 e. The topological polar surface area (TPSA) is 29.1 Å². The van der Waals surface area contributed by atoms with Gasteiger partial charge in [0.2, 0.25) is 5.91 Å². The van der Waals surface area contributed by atoms with Gasteiger partial charge in [-0.1, -0.05) is 31.5 Å². The van der Waals surface area contributed by atoms with Crippen LogP contribution >= 0.6 is 11.8 Å². The molecule has 1 amide bonds. The molecule has 0 bridgehead atoms. The molecule has 1 aliphatic rings. The second-order valence-electron chi connectivity index (χ2n) is 6.27. The Morgan fingerprint density at radius 3 is 2.63 bits per heavy atom. The Balaban J connectivity index is 1.74. The van der Waals surface area contributed by atoms with Crippen molar-refractivity contribution in [2.24, 2.45) is 5.41 Å². The number of benzene rings is 1. The SMILES string of the molecule is Cc1ccc(SCC(=O)NC2CCC(C)(C)C2)cc1. The largest absolute Gasteiger partial charge is 0.353 e. The van der Waals surface area contributed by atoms with Gasteiger partial charge in [0.1, 0.15) is 0 Å². The maximum Gasteiger partial charge on any atom is 0.230 e. The van der Waals surface area contributed by atoms with Crippen LogP contribution in [-0.2, 0) is 4.79 Å². The molecule has 2 nitrogen and oxygen atoms in total. The molecule has 1 saturated carbocycles. The summed E-state index contributed by atoms with van der Waals surface area (Å²) in [4.78, 5) is 13.1. The van der Waals surface area contributed by atoms with Gasteiger partial charge in [0.25, 0.3) is 0 Å². The van der Waals surface area contributed by atoms with E-state index >= 15 is 0 Å². The summed E-state index contributed by atoms with van der Waals surface area (Å²) in [6, 6.07) is 8.69. The highest BCUT2D eigenvalue weighted by atomic mass is 32.2. The summed E-state index contributed by atoms with van der Waals surface area (Å²) in [6.07, 6.45) is 3.44. The van der Waals surface area contributed by atoms with Gasteiger partial charge in [0.15, 0.2) is 0 Å². The molecule has 104 valence electrons. The predicted octanol–water partition coefficient (Wildman–Crippen LogP) is 3.78. The van der Waals surface area contributed by atoms with Crippen LogP contribution in [0.2, 0.25) is 0 Å². The van der Waals surface area contributed by atoms with Crippen molar-refractivity contribution in [3.8, 4) is 0 Å². The van der Waals surface area contributed by atoms with Crippen molar-refractivity contribution in [2.75, 3.05) is 5.75 Å². The average molecular weight is 277 g/mol. The fraction of sp³-hybridized carbons (Fsp3) is 0.562. The van der Waals surface area contributed by atoms with Crippen LogP contribution in [0.25, 0.3) is 0 Å². The molecule has 1 atom stereocenters. The summed E-state index contributed by atoms with van der Waals surface area (Å²) < 4.78 is 0. The summed E-state index contributed by atoms with van der Waals surface area (Å²) >= 11 is 1.61. The van der Waals surface area contributed by atoms with Crippen LogP contribution in [-0.4, -0.2) is 17.7 Å². The number of carbonyl (C=O) groups is 1. The molecule has 2 rings (SSSR count). The molecule has 1 fully saturated rings. The molecule has 3 heteroatoms. The molecule has 0 aromatic heterocycles. The number of hydrogen-bond donors (Lipinski definition) is 1. The maximum absolute atomic E-state index is 11.9. The number of hydrogen-bond acceptors (Lipinski definition) is 2. The second kappa shape index (κ2) is 6.00. The highest BCUT2D eigenvalue weighted by Crippen LogP contribution is 2.36. The van der Waals surface area contributed by atoms with Crippen LogP contribution in [0, 0.1) is 12.3 Å². The molecule has 1 aliphatic carbocycles. The Kier molecular flexibility index (Phi) is 4.56. The van der Waals surface area contributed by atoms with Gasteiger partial charge in [-0.2, -0.15) is 0 Å². The zero-order valence-corrected chi connectivity index (χ0v) is 12.8. The Morgan fingerprint density at radius 1 is 1.37 bits per heavy atom. The molecule has 1 aromatic carbocycles. The molecule has 0 radical (unpaired) electrons. The fourth-order valence-electron chi connectivity index (χ4n) is 2.61. The summed E-state index contributed by atoms with van der Waals surface area (Å²) in [7, 11) is 0. The van der Waals surface area contributed by atoms with Crippen molar-refractivity contribution < 1.29 is 4.79 Å². The maximum atomic E-state index is 11.9. The van der Waals surface area contributed by atoms with Crippen molar-refractivity contribution in [1.82, 2.24) is 5.32 Å². The molecule has 0 heterocycles. The standard InChI is InChI=1S/C16H23NOS/c1-12-4-6-14(7-5-12)19-11-15(18)17-13-8-9-16(2,3)10-13/h4-7,13H,8-11H2,1-3H3,(H,17,18). The van der Waals surface area contributed by atoms with Crippen molar-refractivity contribution in [2.45, 2.75) is 51.0 Å². The van der Waals surface area contributed by atoms with Crippen LogP contribution < -0.4 is 5.32 Å². The first kappa shape index (κ1) is 14.4. The van der Waals surface area contributed by atoms with E-state index < -0.39 is 0 Å². The van der Waals surface area contributed by atoms with Crippen molar-refractivity contribution in [1.29, 1.82) is 0 Å². The van der Waals surface area contributed by atoms with Gasteiger partial charge in [-0.25, -0.2) is 0 Å². The second-order valence-corrected chi connectivity index (χ2v) is 7.32. The first-order valence-electron chi connectivity index (χ1n) is 6.93. The van der Waals surface area contributed by atoms with E-state index in [-0.39, 0.29) is 5.91 Å². The predicted molar refractivity (Wildman–Crippen MR) is 81.5 cm³/mol. The van der Waals surface area contributed by atoms with Crippen molar-refractivity contribution >= 4 is 17.7 Å². The van der Waals surface area contributed by atoms with Gasteiger partial charge in [0, 0.05) is 10.9 Å². The average Bonchev–Trinajstić information content (AvgIpc) is 2.68. The van der Waals surface area contributed by atoms with Gasteiger partial charge in [-0.05, 0) is 43.7 Å². The summed E-state index contributed by atoms with van der Waals surface area (Å²) in [5.41, 5.74) is 1.64. The first-order chi connectivity index (χ1) is 8.94. The number of amides is 1. The molecule has 0 spiro atoms. The third-order valence-corrected chi connectivity index (χ3v) is 4.74. The van der Waals surface area contributed by atoms with E-state index in [1.165, 1.54) is 12.0 Å².